The number of halogens is 2. The molecule has 21 heavy (non-hydrogen) atoms. The van der Waals surface area contributed by atoms with Crippen molar-refractivity contribution in [3.63, 3.8) is 0 Å². The number of nitrogens with one attached hydrogen (secondary N) is 1. The van der Waals surface area contributed by atoms with Crippen LogP contribution in [0, 0.1) is 17.7 Å². The predicted octanol–water partition coefficient (Wildman–Crippen LogP) is 3.26. The highest BCUT2D eigenvalue weighted by Gasteiger charge is 2.34. The molecule has 0 radical (unpaired) electrons. The van der Waals surface area contributed by atoms with Gasteiger partial charge in [-0.25, -0.2) is 4.39 Å². The number of hydrogen-bond acceptors (Lipinski definition) is 3. The molecule has 0 spiro atoms. The van der Waals surface area contributed by atoms with Gasteiger partial charge in [-0.2, -0.15) is 0 Å². The van der Waals surface area contributed by atoms with Gasteiger partial charge in [-0.15, -0.1) is 0 Å². The van der Waals surface area contributed by atoms with E-state index in [2.05, 4.69) is 5.32 Å². The molecule has 2 atom stereocenters. The van der Waals surface area contributed by atoms with Crippen LogP contribution in [0.5, 0.6) is 5.75 Å². The van der Waals surface area contributed by atoms with Crippen LogP contribution in [0.3, 0.4) is 0 Å². The number of ether oxygens (including phenoxy) is 2. The molecule has 2 aliphatic heterocycles. The summed E-state index contributed by atoms with van der Waals surface area (Å²) in [7, 11) is 0. The Morgan fingerprint density at radius 3 is 2.76 bits per heavy atom. The maximum Gasteiger partial charge on any atom is 0.145 e. The van der Waals surface area contributed by atoms with Gasteiger partial charge >= 0.3 is 0 Å². The summed E-state index contributed by atoms with van der Waals surface area (Å²) < 4.78 is 25.2. The minimum absolute atomic E-state index is 0.0724. The fourth-order valence-electron chi connectivity index (χ4n) is 3.30. The number of benzene rings is 1. The van der Waals surface area contributed by atoms with Crippen LogP contribution in [0.4, 0.5) is 4.39 Å². The van der Waals surface area contributed by atoms with Crippen LogP contribution < -0.4 is 10.1 Å². The van der Waals surface area contributed by atoms with Crippen LogP contribution in [0.15, 0.2) is 18.2 Å². The van der Waals surface area contributed by atoms with Gasteiger partial charge in [-0.05, 0) is 37.9 Å². The average molecular weight is 314 g/mol. The van der Waals surface area contributed by atoms with Crippen LogP contribution >= 0.6 is 11.6 Å². The second kappa shape index (κ2) is 6.95. The molecule has 0 aliphatic carbocycles. The first-order chi connectivity index (χ1) is 10.3. The lowest BCUT2D eigenvalue weighted by Crippen LogP contribution is -2.39. The summed E-state index contributed by atoms with van der Waals surface area (Å²) in [6.07, 6.45) is 3.15. The molecule has 0 bridgehead atoms. The van der Waals surface area contributed by atoms with E-state index in [4.69, 9.17) is 21.1 Å². The molecule has 0 amide bonds. The molecule has 1 N–H and O–H groups in total. The molecule has 2 fully saturated rings. The Morgan fingerprint density at radius 1 is 1.24 bits per heavy atom. The minimum atomic E-state index is -0.426. The molecule has 1 aromatic carbocycles. The standard InChI is InChI=1S/C16H21ClFNO2/c17-15-13(18)2-1-3-14(15)21-16(12-4-7-19-10-12)11-5-8-20-9-6-11/h1-3,11-12,16,19H,4-10H2/t12-,16-/m1/s1. The fourth-order valence-corrected chi connectivity index (χ4v) is 3.47. The van der Waals surface area contributed by atoms with Crippen molar-refractivity contribution in [3.05, 3.63) is 29.0 Å². The van der Waals surface area contributed by atoms with Crippen molar-refractivity contribution in [3.8, 4) is 5.75 Å². The largest absolute Gasteiger partial charge is 0.488 e. The lowest BCUT2D eigenvalue weighted by molar-refractivity contribution is -0.00140. The summed E-state index contributed by atoms with van der Waals surface area (Å²) in [6, 6.07) is 4.75. The molecular formula is C16H21ClFNO2. The minimum Gasteiger partial charge on any atom is -0.488 e. The van der Waals surface area contributed by atoms with E-state index < -0.39 is 5.82 Å². The first kappa shape index (κ1) is 15.1. The molecule has 3 rings (SSSR count). The molecule has 5 heteroatoms. The van der Waals surface area contributed by atoms with Gasteiger partial charge in [-0.3, -0.25) is 0 Å². The van der Waals surface area contributed by atoms with E-state index in [0.717, 1.165) is 45.6 Å². The molecular weight excluding hydrogens is 293 g/mol. The Kier molecular flexibility index (Phi) is 4.99. The highest BCUT2D eigenvalue weighted by molar-refractivity contribution is 6.32. The van der Waals surface area contributed by atoms with E-state index >= 15 is 0 Å². The summed E-state index contributed by atoms with van der Waals surface area (Å²) >= 11 is 6.04. The van der Waals surface area contributed by atoms with Gasteiger partial charge in [0.05, 0.1) is 0 Å². The maximum absolute atomic E-state index is 13.6. The van der Waals surface area contributed by atoms with E-state index in [1.807, 2.05) is 0 Å². The molecule has 3 nitrogen and oxygen atoms in total. The average Bonchev–Trinajstić information content (AvgIpc) is 3.04. The van der Waals surface area contributed by atoms with Crippen molar-refractivity contribution >= 4 is 11.6 Å². The van der Waals surface area contributed by atoms with Gasteiger partial charge in [0.15, 0.2) is 0 Å². The van der Waals surface area contributed by atoms with Gasteiger partial charge in [0.25, 0.3) is 0 Å². The number of hydrogen-bond donors (Lipinski definition) is 1. The summed E-state index contributed by atoms with van der Waals surface area (Å²) in [6.45, 7) is 3.53. The van der Waals surface area contributed by atoms with Crippen molar-refractivity contribution in [1.29, 1.82) is 0 Å². The van der Waals surface area contributed by atoms with Gasteiger partial charge in [0, 0.05) is 31.6 Å². The molecule has 0 unspecified atom stereocenters. The zero-order valence-electron chi connectivity index (χ0n) is 12.0. The SMILES string of the molecule is Fc1cccc(O[C@H](C2CCOCC2)[C@@H]2CCNC2)c1Cl. The lowest BCUT2D eigenvalue weighted by atomic mass is 9.85. The van der Waals surface area contributed by atoms with Crippen LogP contribution in [0.1, 0.15) is 19.3 Å². The van der Waals surface area contributed by atoms with E-state index in [0.29, 0.717) is 17.6 Å². The highest BCUT2D eigenvalue weighted by Crippen LogP contribution is 2.34. The Bertz CT molecular complexity index is 473. The van der Waals surface area contributed by atoms with E-state index in [1.54, 1.807) is 12.1 Å². The first-order valence-electron chi connectivity index (χ1n) is 7.65. The Morgan fingerprint density at radius 2 is 2.05 bits per heavy atom. The van der Waals surface area contributed by atoms with Gasteiger partial charge in [0.1, 0.15) is 22.7 Å². The normalized spacial score (nSPS) is 25.0. The second-order valence-electron chi connectivity index (χ2n) is 5.84. The van der Waals surface area contributed by atoms with E-state index in [1.165, 1.54) is 6.07 Å². The highest BCUT2D eigenvalue weighted by atomic mass is 35.5. The van der Waals surface area contributed by atoms with Crippen molar-refractivity contribution in [2.24, 2.45) is 11.8 Å². The van der Waals surface area contributed by atoms with Crippen molar-refractivity contribution in [2.45, 2.75) is 25.4 Å². The molecule has 1 aromatic rings. The second-order valence-corrected chi connectivity index (χ2v) is 6.22. The third kappa shape index (κ3) is 3.50. The van der Waals surface area contributed by atoms with Gasteiger partial charge < -0.3 is 14.8 Å². The Labute approximate surface area is 129 Å². The molecule has 2 aliphatic rings. The zero-order valence-corrected chi connectivity index (χ0v) is 12.7. The maximum atomic E-state index is 13.6. The third-order valence-corrected chi connectivity index (χ3v) is 4.84. The summed E-state index contributed by atoms with van der Waals surface area (Å²) in [5, 5.41) is 3.47. The van der Waals surface area contributed by atoms with Gasteiger partial charge in [0.2, 0.25) is 0 Å². The van der Waals surface area contributed by atoms with Crippen LogP contribution in [0.25, 0.3) is 0 Å². The Hall–Kier alpha value is -0.840. The fraction of sp³-hybridized carbons (Fsp3) is 0.625. The monoisotopic (exact) mass is 313 g/mol. The zero-order chi connectivity index (χ0) is 14.7. The third-order valence-electron chi connectivity index (χ3n) is 4.47. The van der Waals surface area contributed by atoms with Crippen LogP contribution in [-0.4, -0.2) is 32.4 Å². The Balaban J connectivity index is 1.79. The van der Waals surface area contributed by atoms with Crippen LogP contribution in [-0.2, 0) is 4.74 Å². The summed E-state index contributed by atoms with van der Waals surface area (Å²) in [4.78, 5) is 0. The topological polar surface area (TPSA) is 30.5 Å². The molecule has 2 heterocycles. The predicted molar refractivity (Wildman–Crippen MR) is 80.3 cm³/mol. The van der Waals surface area contributed by atoms with Crippen molar-refractivity contribution in [1.82, 2.24) is 5.32 Å². The van der Waals surface area contributed by atoms with Crippen molar-refractivity contribution < 1.29 is 13.9 Å². The van der Waals surface area contributed by atoms with Crippen LogP contribution in [0.2, 0.25) is 5.02 Å². The molecule has 116 valence electrons. The molecule has 2 saturated heterocycles. The summed E-state index contributed by atoms with van der Waals surface area (Å²) in [5.41, 5.74) is 0. The van der Waals surface area contributed by atoms with E-state index in [-0.39, 0.29) is 11.1 Å². The number of rotatable bonds is 4. The lowest BCUT2D eigenvalue weighted by Gasteiger charge is -2.34. The molecule has 0 aromatic heterocycles. The van der Waals surface area contributed by atoms with E-state index in [9.17, 15) is 4.39 Å². The van der Waals surface area contributed by atoms with Gasteiger partial charge in [-0.1, -0.05) is 17.7 Å². The van der Waals surface area contributed by atoms with Crippen molar-refractivity contribution in [2.75, 3.05) is 26.3 Å². The molecule has 0 saturated carbocycles. The first-order valence-corrected chi connectivity index (χ1v) is 8.02. The summed E-state index contributed by atoms with van der Waals surface area (Å²) in [5.74, 6) is 0.930. The smallest absolute Gasteiger partial charge is 0.145 e. The quantitative estimate of drug-likeness (QED) is 0.925.